The molecule has 14 heavy (non-hydrogen) atoms. The molecule has 0 saturated carbocycles. The summed E-state index contributed by atoms with van der Waals surface area (Å²) < 4.78 is 0. The Morgan fingerprint density at radius 3 is 2.86 bits per heavy atom. The van der Waals surface area contributed by atoms with Crippen LogP contribution in [0.3, 0.4) is 0 Å². The van der Waals surface area contributed by atoms with Crippen molar-refractivity contribution in [1.82, 2.24) is 9.97 Å². The molecule has 0 unspecified atom stereocenters. The molecule has 2 rings (SSSR count). The zero-order valence-corrected chi connectivity index (χ0v) is 8.41. The number of pyridine rings is 1. The average molecular weight is 204 g/mol. The van der Waals surface area contributed by atoms with Crippen LogP contribution in [0.2, 0.25) is 0 Å². The van der Waals surface area contributed by atoms with Crippen molar-refractivity contribution >= 4 is 17.6 Å². The van der Waals surface area contributed by atoms with Crippen molar-refractivity contribution in [3.05, 3.63) is 35.1 Å². The summed E-state index contributed by atoms with van der Waals surface area (Å²) in [5, 5.41) is 0.902. The third-order valence-electron chi connectivity index (χ3n) is 1.76. The van der Waals surface area contributed by atoms with Crippen molar-refractivity contribution in [2.24, 2.45) is 0 Å². The van der Waals surface area contributed by atoms with Crippen LogP contribution in [-0.2, 0) is 0 Å². The van der Waals surface area contributed by atoms with Crippen LogP contribution in [-0.4, -0.2) is 16.3 Å². The molecule has 0 atom stereocenters. The molecule has 2 aromatic heterocycles. The maximum absolute atomic E-state index is 10.5. The van der Waals surface area contributed by atoms with E-state index < -0.39 is 0 Å². The predicted octanol–water partition coefficient (Wildman–Crippen LogP) is 2.33. The Labute approximate surface area is 85.5 Å². The van der Waals surface area contributed by atoms with E-state index in [9.17, 15) is 4.79 Å². The molecule has 70 valence electrons. The lowest BCUT2D eigenvalue weighted by Crippen LogP contribution is -1.84. The fourth-order valence-corrected chi connectivity index (χ4v) is 1.87. The fraction of sp³-hybridized carbons (Fsp3) is 0.100. The largest absolute Gasteiger partial charge is 0.298 e. The Bertz CT molecular complexity index is 465. The van der Waals surface area contributed by atoms with Crippen LogP contribution in [0.4, 0.5) is 0 Å². The monoisotopic (exact) mass is 204 g/mol. The standard InChI is InChI=1S/C10H8N2OS/c1-7-3-12-10(14-7)9-2-8(6-13)4-11-5-9/h2-6H,1H3. The van der Waals surface area contributed by atoms with Gasteiger partial charge in [0.1, 0.15) is 5.01 Å². The van der Waals surface area contributed by atoms with Gasteiger partial charge >= 0.3 is 0 Å². The van der Waals surface area contributed by atoms with Crippen LogP contribution in [0.25, 0.3) is 10.6 Å². The summed E-state index contributed by atoms with van der Waals surface area (Å²) in [6, 6.07) is 1.79. The number of hydrogen-bond donors (Lipinski definition) is 0. The van der Waals surface area contributed by atoms with Gasteiger partial charge in [0.2, 0.25) is 0 Å². The van der Waals surface area contributed by atoms with Gasteiger partial charge in [-0.3, -0.25) is 9.78 Å². The summed E-state index contributed by atoms with van der Waals surface area (Å²) >= 11 is 1.59. The third-order valence-corrected chi connectivity index (χ3v) is 2.73. The highest BCUT2D eigenvalue weighted by Gasteiger charge is 2.03. The quantitative estimate of drug-likeness (QED) is 0.705. The number of rotatable bonds is 2. The lowest BCUT2D eigenvalue weighted by Gasteiger charge is -1.95. The van der Waals surface area contributed by atoms with E-state index in [1.165, 1.54) is 6.20 Å². The predicted molar refractivity (Wildman–Crippen MR) is 55.5 cm³/mol. The van der Waals surface area contributed by atoms with Gasteiger partial charge < -0.3 is 0 Å². The highest BCUT2D eigenvalue weighted by molar-refractivity contribution is 7.14. The SMILES string of the molecule is Cc1cnc(-c2cncc(C=O)c2)s1. The fourth-order valence-electron chi connectivity index (χ4n) is 1.13. The molecule has 0 spiro atoms. The van der Waals surface area contributed by atoms with Crippen LogP contribution in [0.15, 0.2) is 24.7 Å². The highest BCUT2D eigenvalue weighted by Crippen LogP contribution is 2.23. The molecule has 2 heterocycles. The van der Waals surface area contributed by atoms with Crippen LogP contribution in [0.5, 0.6) is 0 Å². The summed E-state index contributed by atoms with van der Waals surface area (Å²) in [6.45, 7) is 2.00. The Morgan fingerprint density at radius 2 is 2.21 bits per heavy atom. The van der Waals surface area contributed by atoms with E-state index in [1.807, 2.05) is 13.1 Å². The molecule has 4 heteroatoms. The number of aldehydes is 1. The molecule has 0 bridgehead atoms. The van der Waals surface area contributed by atoms with Crippen molar-refractivity contribution in [2.75, 3.05) is 0 Å². The number of thiazole rings is 1. The summed E-state index contributed by atoms with van der Waals surface area (Å²) in [6.07, 6.45) is 5.85. The molecule has 0 radical (unpaired) electrons. The van der Waals surface area contributed by atoms with Gasteiger partial charge in [0.25, 0.3) is 0 Å². The number of carbonyl (C=O) groups excluding carboxylic acids is 1. The molecule has 0 fully saturated rings. The number of hydrogen-bond acceptors (Lipinski definition) is 4. The van der Waals surface area contributed by atoms with Crippen LogP contribution < -0.4 is 0 Å². The van der Waals surface area contributed by atoms with E-state index in [4.69, 9.17) is 0 Å². The first kappa shape index (κ1) is 9.02. The van der Waals surface area contributed by atoms with Crippen molar-refractivity contribution in [3.8, 4) is 10.6 Å². The van der Waals surface area contributed by atoms with Gasteiger partial charge in [-0.15, -0.1) is 11.3 Å². The Kier molecular flexibility index (Phi) is 2.37. The maximum atomic E-state index is 10.5. The summed E-state index contributed by atoms with van der Waals surface area (Å²) in [4.78, 5) is 19.9. The molecular weight excluding hydrogens is 196 g/mol. The average Bonchev–Trinajstić information content (AvgIpc) is 2.65. The van der Waals surface area contributed by atoms with Crippen molar-refractivity contribution < 1.29 is 4.79 Å². The van der Waals surface area contributed by atoms with Gasteiger partial charge in [0.15, 0.2) is 6.29 Å². The summed E-state index contributed by atoms with van der Waals surface area (Å²) in [7, 11) is 0. The van der Waals surface area contributed by atoms with Crippen LogP contribution in [0.1, 0.15) is 15.2 Å². The highest BCUT2D eigenvalue weighted by atomic mass is 32.1. The second-order valence-corrected chi connectivity index (χ2v) is 4.14. The molecule has 2 aromatic rings. The van der Waals surface area contributed by atoms with Gasteiger partial charge in [-0.25, -0.2) is 4.98 Å². The molecule has 0 aromatic carbocycles. The lowest BCUT2D eigenvalue weighted by atomic mass is 10.2. The minimum atomic E-state index is 0.579. The van der Waals surface area contributed by atoms with E-state index >= 15 is 0 Å². The van der Waals surface area contributed by atoms with Crippen molar-refractivity contribution in [2.45, 2.75) is 6.92 Å². The minimum Gasteiger partial charge on any atom is -0.298 e. The molecule has 3 nitrogen and oxygen atoms in total. The van der Waals surface area contributed by atoms with Gasteiger partial charge in [-0.1, -0.05) is 0 Å². The summed E-state index contributed by atoms with van der Waals surface area (Å²) in [5.74, 6) is 0. The zero-order chi connectivity index (χ0) is 9.97. The van der Waals surface area contributed by atoms with Crippen molar-refractivity contribution in [3.63, 3.8) is 0 Å². The smallest absolute Gasteiger partial charge is 0.151 e. The van der Waals surface area contributed by atoms with Crippen LogP contribution in [0, 0.1) is 6.92 Å². The number of aromatic nitrogens is 2. The van der Waals surface area contributed by atoms with E-state index in [1.54, 1.807) is 23.6 Å². The van der Waals surface area contributed by atoms with Gasteiger partial charge in [0.05, 0.1) is 0 Å². The Balaban J connectivity index is 2.46. The minimum absolute atomic E-state index is 0.579. The number of carbonyl (C=O) groups is 1. The number of nitrogens with zero attached hydrogens (tertiary/aromatic N) is 2. The normalized spacial score (nSPS) is 10.1. The molecule has 0 aliphatic carbocycles. The van der Waals surface area contributed by atoms with Gasteiger partial charge in [-0.05, 0) is 13.0 Å². The Hall–Kier alpha value is -1.55. The topological polar surface area (TPSA) is 42.9 Å². The zero-order valence-electron chi connectivity index (χ0n) is 7.60. The van der Waals surface area contributed by atoms with E-state index in [0.717, 1.165) is 21.7 Å². The third kappa shape index (κ3) is 1.70. The molecule has 0 aliphatic heterocycles. The molecule has 0 aliphatic rings. The van der Waals surface area contributed by atoms with Gasteiger partial charge in [-0.2, -0.15) is 0 Å². The van der Waals surface area contributed by atoms with E-state index in [2.05, 4.69) is 9.97 Å². The van der Waals surface area contributed by atoms with E-state index in [0.29, 0.717) is 5.56 Å². The second-order valence-electron chi connectivity index (χ2n) is 2.90. The lowest BCUT2D eigenvalue weighted by molar-refractivity contribution is 0.112. The van der Waals surface area contributed by atoms with Gasteiger partial charge in [0, 0.05) is 34.6 Å². The first-order valence-electron chi connectivity index (χ1n) is 4.12. The first-order chi connectivity index (χ1) is 6.79. The molecule has 0 N–H and O–H groups in total. The molecular formula is C10H8N2OS. The van der Waals surface area contributed by atoms with Crippen molar-refractivity contribution in [1.29, 1.82) is 0 Å². The molecule has 0 saturated heterocycles. The van der Waals surface area contributed by atoms with Crippen LogP contribution >= 0.6 is 11.3 Å². The summed E-state index contributed by atoms with van der Waals surface area (Å²) in [5.41, 5.74) is 1.48. The first-order valence-corrected chi connectivity index (χ1v) is 4.94. The second kappa shape index (κ2) is 3.67. The molecule has 0 amide bonds. The van der Waals surface area contributed by atoms with E-state index in [-0.39, 0.29) is 0 Å². The maximum Gasteiger partial charge on any atom is 0.151 e. The Morgan fingerprint density at radius 1 is 1.36 bits per heavy atom. The number of aryl methyl sites for hydroxylation is 1.